The lowest BCUT2D eigenvalue weighted by molar-refractivity contribution is -0.116. The summed E-state index contributed by atoms with van der Waals surface area (Å²) >= 11 is 0. The fourth-order valence-corrected chi connectivity index (χ4v) is 4.16. The number of amides is 1. The van der Waals surface area contributed by atoms with Gasteiger partial charge in [0.05, 0.1) is 0 Å². The molecule has 26 heavy (non-hydrogen) atoms. The van der Waals surface area contributed by atoms with E-state index in [0.717, 1.165) is 16.7 Å². The lowest BCUT2D eigenvalue weighted by Crippen LogP contribution is -2.38. The Morgan fingerprint density at radius 3 is 2.42 bits per heavy atom. The first-order valence-electron chi connectivity index (χ1n) is 8.73. The highest BCUT2D eigenvalue weighted by Gasteiger charge is 2.41. The van der Waals surface area contributed by atoms with E-state index in [1.807, 2.05) is 12.1 Å². The van der Waals surface area contributed by atoms with Crippen LogP contribution in [0.1, 0.15) is 45.2 Å². The Labute approximate surface area is 152 Å². The minimum absolute atomic E-state index is 0.0498. The molecule has 1 aromatic heterocycles. The molecule has 6 nitrogen and oxygen atoms in total. The number of carbonyl (C=O) groups is 1. The molecule has 0 fully saturated rings. The van der Waals surface area contributed by atoms with E-state index in [2.05, 4.69) is 39.1 Å². The minimum atomic E-state index is -0.510. The third-order valence-electron chi connectivity index (χ3n) is 5.22. The summed E-state index contributed by atoms with van der Waals surface area (Å²) in [5.74, 6) is -0.305. The molecule has 6 heteroatoms. The van der Waals surface area contributed by atoms with Crippen molar-refractivity contribution in [1.29, 1.82) is 0 Å². The predicted octanol–water partition coefficient (Wildman–Crippen LogP) is 2.14. The number of benzene rings is 1. The zero-order valence-corrected chi connectivity index (χ0v) is 15.9. The average molecular weight is 355 g/mol. The molecule has 0 saturated heterocycles. The van der Waals surface area contributed by atoms with Gasteiger partial charge in [-0.3, -0.25) is 18.7 Å². The highest BCUT2D eigenvalue weighted by molar-refractivity contribution is 5.90. The van der Waals surface area contributed by atoms with E-state index in [4.69, 9.17) is 0 Å². The molecule has 2 aromatic rings. The third kappa shape index (κ3) is 3.11. The lowest BCUT2D eigenvalue weighted by atomic mass is 9.82. The molecule has 1 aromatic carbocycles. The van der Waals surface area contributed by atoms with Crippen LogP contribution in [0.2, 0.25) is 0 Å². The van der Waals surface area contributed by atoms with Crippen LogP contribution in [0.15, 0.2) is 40.1 Å². The van der Waals surface area contributed by atoms with Crippen LogP contribution < -0.4 is 16.6 Å². The quantitative estimate of drug-likeness (QED) is 0.917. The second kappa shape index (κ2) is 5.97. The smallest absolute Gasteiger partial charge is 0.325 e. The van der Waals surface area contributed by atoms with Gasteiger partial charge >= 0.3 is 5.69 Å². The summed E-state index contributed by atoms with van der Waals surface area (Å²) in [5, 5.41) is 2.86. The Kier molecular flexibility index (Phi) is 4.17. The second-order valence-corrected chi connectivity index (χ2v) is 8.38. The van der Waals surface area contributed by atoms with Gasteiger partial charge in [-0.25, -0.2) is 4.79 Å². The summed E-state index contributed by atoms with van der Waals surface area (Å²) in [6.45, 7) is 8.78. The number of hydrogen-bond donors (Lipinski definition) is 1. The van der Waals surface area contributed by atoms with Crippen molar-refractivity contribution in [2.75, 3.05) is 5.32 Å². The first kappa shape index (κ1) is 18.2. The number of fused-ring (bicyclic) bond motifs is 1. The Morgan fingerprint density at radius 1 is 1.08 bits per heavy atom. The molecule has 138 valence electrons. The van der Waals surface area contributed by atoms with Gasteiger partial charge in [0.15, 0.2) is 0 Å². The van der Waals surface area contributed by atoms with E-state index in [9.17, 15) is 14.4 Å². The predicted molar refractivity (Wildman–Crippen MR) is 102 cm³/mol. The van der Waals surface area contributed by atoms with Crippen molar-refractivity contribution in [3.8, 4) is 0 Å². The Morgan fingerprint density at radius 2 is 1.73 bits per heavy atom. The SMILES string of the molecule is Cn1c(=O)ccn(CC(=O)Nc2ccc3c(c2)C(C)(C)CC3(C)C)c1=O. The van der Waals surface area contributed by atoms with Crippen LogP contribution in [-0.2, 0) is 29.2 Å². The van der Waals surface area contributed by atoms with Crippen molar-refractivity contribution in [3.63, 3.8) is 0 Å². The maximum atomic E-state index is 12.4. The summed E-state index contributed by atoms with van der Waals surface area (Å²) < 4.78 is 2.20. The van der Waals surface area contributed by atoms with Crippen molar-refractivity contribution >= 4 is 11.6 Å². The van der Waals surface area contributed by atoms with E-state index >= 15 is 0 Å². The number of rotatable bonds is 3. The molecule has 3 rings (SSSR count). The van der Waals surface area contributed by atoms with E-state index in [1.165, 1.54) is 35.0 Å². The molecular formula is C20H25N3O3. The van der Waals surface area contributed by atoms with E-state index in [0.29, 0.717) is 0 Å². The zero-order chi connectivity index (χ0) is 19.3. The van der Waals surface area contributed by atoms with Crippen LogP contribution in [0.5, 0.6) is 0 Å². The van der Waals surface area contributed by atoms with Gasteiger partial charge in [0.1, 0.15) is 6.54 Å². The molecular weight excluding hydrogens is 330 g/mol. The molecule has 0 atom stereocenters. The summed E-state index contributed by atoms with van der Waals surface area (Å²) in [6, 6.07) is 7.29. The monoisotopic (exact) mass is 355 g/mol. The van der Waals surface area contributed by atoms with Crippen molar-refractivity contribution in [1.82, 2.24) is 9.13 Å². The second-order valence-electron chi connectivity index (χ2n) is 8.38. The molecule has 0 unspecified atom stereocenters. The van der Waals surface area contributed by atoms with Crippen LogP contribution in [0.3, 0.4) is 0 Å². The number of nitrogens with one attached hydrogen (secondary N) is 1. The van der Waals surface area contributed by atoms with Crippen molar-refractivity contribution in [3.05, 3.63) is 62.4 Å². The first-order valence-corrected chi connectivity index (χ1v) is 8.73. The maximum absolute atomic E-state index is 12.4. The molecule has 0 saturated carbocycles. The van der Waals surface area contributed by atoms with Crippen LogP contribution in [0.25, 0.3) is 0 Å². The number of hydrogen-bond acceptors (Lipinski definition) is 3. The van der Waals surface area contributed by atoms with Crippen LogP contribution in [-0.4, -0.2) is 15.0 Å². The van der Waals surface area contributed by atoms with Gasteiger partial charge < -0.3 is 5.32 Å². The van der Waals surface area contributed by atoms with Gasteiger partial charge in [0.25, 0.3) is 5.56 Å². The lowest BCUT2D eigenvalue weighted by Gasteiger charge is -2.22. The standard InChI is InChI=1S/C20H25N3O3/c1-19(2)12-20(3,4)15-10-13(6-7-14(15)19)21-16(24)11-23-9-8-17(25)22(5)18(23)26/h6-10H,11-12H2,1-5H3,(H,21,24). The van der Waals surface area contributed by atoms with Crippen molar-refractivity contribution < 1.29 is 4.79 Å². The van der Waals surface area contributed by atoms with Crippen LogP contribution >= 0.6 is 0 Å². The summed E-state index contributed by atoms with van der Waals surface area (Å²) in [4.78, 5) is 35.8. The molecule has 1 amide bonds. The zero-order valence-electron chi connectivity index (χ0n) is 15.9. The van der Waals surface area contributed by atoms with Gasteiger partial charge in [0.2, 0.25) is 5.91 Å². The molecule has 0 aliphatic heterocycles. The highest BCUT2D eigenvalue weighted by atomic mass is 16.2. The van der Waals surface area contributed by atoms with Crippen molar-refractivity contribution in [2.45, 2.75) is 51.5 Å². The van der Waals surface area contributed by atoms with E-state index < -0.39 is 11.2 Å². The van der Waals surface area contributed by atoms with Gasteiger partial charge in [0, 0.05) is 25.0 Å². The summed E-state index contributed by atoms with van der Waals surface area (Å²) in [6.07, 6.45) is 2.40. The van der Waals surface area contributed by atoms with Crippen LogP contribution in [0.4, 0.5) is 5.69 Å². The minimum Gasteiger partial charge on any atom is -0.325 e. The molecule has 0 radical (unpaired) electrons. The summed E-state index contributed by atoms with van der Waals surface area (Å²) in [7, 11) is 1.39. The number of carbonyl (C=O) groups excluding carboxylic acids is 1. The van der Waals surface area contributed by atoms with Gasteiger partial charge in [-0.15, -0.1) is 0 Å². The number of aromatic nitrogens is 2. The molecule has 1 aliphatic rings. The number of nitrogens with zero attached hydrogens (tertiary/aromatic N) is 2. The van der Waals surface area contributed by atoms with E-state index in [-0.39, 0.29) is 23.3 Å². The molecule has 0 spiro atoms. The first-order chi connectivity index (χ1) is 12.0. The molecule has 1 N–H and O–H groups in total. The van der Waals surface area contributed by atoms with Gasteiger partial charge in [-0.1, -0.05) is 33.8 Å². The molecule has 1 aliphatic carbocycles. The summed E-state index contributed by atoms with van der Waals surface area (Å²) in [5.41, 5.74) is 2.55. The fraction of sp³-hybridized carbons (Fsp3) is 0.450. The Hall–Kier alpha value is -2.63. The normalized spacial score (nSPS) is 17.0. The fourth-order valence-electron chi connectivity index (χ4n) is 4.16. The molecule has 0 bridgehead atoms. The Bertz CT molecular complexity index is 996. The van der Waals surface area contributed by atoms with Crippen LogP contribution in [0, 0.1) is 0 Å². The third-order valence-corrected chi connectivity index (χ3v) is 5.22. The Balaban J connectivity index is 1.83. The molecule has 1 heterocycles. The van der Waals surface area contributed by atoms with E-state index in [1.54, 1.807) is 0 Å². The van der Waals surface area contributed by atoms with Gasteiger partial charge in [-0.05, 0) is 40.5 Å². The highest BCUT2D eigenvalue weighted by Crippen LogP contribution is 2.49. The largest absolute Gasteiger partial charge is 0.331 e. The van der Waals surface area contributed by atoms with Gasteiger partial charge in [-0.2, -0.15) is 0 Å². The average Bonchev–Trinajstić information content (AvgIpc) is 2.72. The maximum Gasteiger partial charge on any atom is 0.331 e. The van der Waals surface area contributed by atoms with Crippen molar-refractivity contribution in [2.24, 2.45) is 7.05 Å². The number of anilines is 1. The topological polar surface area (TPSA) is 73.1 Å².